The van der Waals surface area contributed by atoms with Crippen LogP contribution in [-0.2, 0) is 9.53 Å². The Morgan fingerprint density at radius 3 is 2.70 bits per heavy atom. The highest BCUT2D eigenvalue weighted by Crippen LogP contribution is 2.38. The lowest BCUT2D eigenvalue weighted by Crippen LogP contribution is -2.64. The number of anilines is 1. The van der Waals surface area contributed by atoms with E-state index >= 15 is 0 Å². The van der Waals surface area contributed by atoms with E-state index in [2.05, 4.69) is 0 Å². The van der Waals surface area contributed by atoms with Gasteiger partial charge in [0.1, 0.15) is 0 Å². The number of carbonyl (C=O) groups excluding carboxylic acids is 2. The highest BCUT2D eigenvalue weighted by atomic mass is 35.5. The molecule has 0 radical (unpaired) electrons. The lowest BCUT2D eigenvalue weighted by molar-refractivity contribution is -0.137. The van der Waals surface area contributed by atoms with Crippen molar-refractivity contribution >= 4 is 35.2 Å². The Balaban J connectivity index is 1.71. The van der Waals surface area contributed by atoms with Crippen molar-refractivity contribution in [3.63, 3.8) is 0 Å². The molecule has 3 amide bonds. The fraction of sp³-hybridized carbons (Fsp3) is 0.389. The van der Waals surface area contributed by atoms with Crippen molar-refractivity contribution in [3.8, 4) is 0 Å². The first-order valence-corrected chi connectivity index (χ1v) is 9.00. The first-order chi connectivity index (χ1) is 13.0. The van der Waals surface area contributed by atoms with E-state index in [1.807, 2.05) is 47.2 Å². The summed E-state index contributed by atoms with van der Waals surface area (Å²) in [4.78, 5) is 36.8. The number of para-hydroxylation sites is 1. The Bertz CT molecular complexity index is 870. The van der Waals surface area contributed by atoms with Gasteiger partial charge in [-0.15, -0.1) is 0 Å². The molecule has 2 unspecified atom stereocenters. The molecule has 0 aromatic heterocycles. The van der Waals surface area contributed by atoms with Gasteiger partial charge in [0.15, 0.2) is 12.2 Å². The number of amides is 3. The number of hydrogen-bond donors (Lipinski definition) is 0. The van der Waals surface area contributed by atoms with Crippen LogP contribution in [0.5, 0.6) is 0 Å². The topological polar surface area (TPSA) is 68.7 Å². The number of rotatable bonds is 4. The SMILES string of the molecule is COCCN1C(=O)C2C(N=C3N(c4ccccc4Cl)C(C)=CN32)N(C)C1=O. The summed E-state index contributed by atoms with van der Waals surface area (Å²) in [5.41, 5.74) is 1.68. The summed E-state index contributed by atoms with van der Waals surface area (Å²) in [6.07, 6.45) is 1.30. The number of aliphatic imine (C=N–C) groups is 1. The van der Waals surface area contributed by atoms with Gasteiger partial charge in [0.25, 0.3) is 5.91 Å². The van der Waals surface area contributed by atoms with Crippen LogP contribution in [0.1, 0.15) is 6.92 Å². The maximum absolute atomic E-state index is 13.1. The molecule has 3 aliphatic heterocycles. The van der Waals surface area contributed by atoms with Crippen LogP contribution < -0.4 is 4.90 Å². The number of hydrogen-bond acceptors (Lipinski definition) is 6. The van der Waals surface area contributed by atoms with E-state index in [9.17, 15) is 9.59 Å². The lowest BCUT2D eigenvalue weighted by atomic mass is 10.1. The summed E-state index contributed by atoms with van der Waals surface area (Å²) in [6, 6.07) is 6.50. The Hall–Kier alpha value is -2.58. The van der Waals surface area contributed by atoms with Crippen LogP contribution in [0.3, 0.4) is 0 Å². The molecule has 142 valence electrons. The molecule has 1 aromatic rings. The third-order valence-corrected chi connectivity index (χ3v) is 5.32. The van der Waals surface area contributed by atoms with Gasteiger partial charge >= 0.3 is 6.03 Å². The smallest absolute Gasteiger partial charge is 0.328 e. The number of carbonyl (C=O) groups is 2. The van der Waals surface area contributed by atoms with Crippen molar-refractivity contribution in [2.24, 2.45) is 4.99 Å². The van der Waals surface area contributed by atoms with E-state index < -0.39 is 12.2 Å². The summed E-state index contributed by atoms with van der Waals surface area (Å²) in [5, 5.41) is 0.585. The first kappa shape index (κ1) is 17.8. The predicted molar refractivity (Wildman–Crippen MR) is 101 cm³/mol. The lowest BCUT2D eigenvalue weighted by Gasteiger charge is -2.40. The number of likely N-dealkylation sites (N-methyl/N-ethyl adjacent to an activating group) is 1. The largest absolute Gasteiger partial charge is 0.383 e. The number of halogens is 1. The highest BCUT2D eigenvalue weighted by molar-refractivity contribution is 6.34. The molecule has 0 saturated carbocycles. The van der Waals surface area contributed by atoms with Crippen molar-refractivity contribution in [2.45, 2.75) is 19.1 Å². The van der Waals surface area contributed by atoms with Gasteiger partial charge in [0.05, 0.1) is 23.9 Å². The molecule has 3 heterocycles. The fourth-order valence-corrected chi connectivity index (χ4v) is 3.89. The van der Waals surface area contributed by atoms with Crippen LogP contribution in [0, 0.1) is 0 Å². The maximum atomic E-state index is 13.1. The van der Waals surface area contributed by atoms with Gasteiger partial charge in [-0.05, 0) is 19.1 Å². The van der Waals surface area contributed by atoms with Crippen molar-refractivity contribution in [3.05, 3.63) is 41.2 Å². The summed E-state index contributed by atoms with van der Waals surface area (Å²) < 4.78 is 5.04. The van der Waals surface area contributed by atoms with E-state index in [4.69, 9.17) is 21.3 Å². The molecule has 0 aliphatic carbocycles. The maximum Gasteiger partial charge on any atom is 0.328 e. The number of allylic oxidation sites excluding steroid dienone is 1. The molecule has 9 heteroatoms. The molecular weight excluding hydrogens is 370 g/mol. The average molecular weight is 390 g/mol. The molecule has 0 spiro atoms. The zero-order valence-electron chi connectivity index (χ0n) is 15.3. The third-order valence-electron chi connectivity index (χ3n) is 5.00. The van der Waals surface area contributed by atoms with E-state index in [1.54, 1.807) is 7.05 Å². The van der Waals surface area contributed by atoms with Gasteiger partial charge in [-0.25, -0.2) is 9.79 Å². The minimum atomic E-state index is -0.595. The fourth-order valence-electron chi connectivity index (χ4n) is 3.67. The number of imide groups is 1. The summed E-state index contributed by atoms with van der Waals surface area (Å²) >= 11 is 6.38. The molecule has 2 atom stereocenters. The van der Waals surface area contributed by atoms with Gasteiger partial charge < -0.3 is 14.5 Å². The number of urea groups is 1. The minimum absolute atomic E-state index is 0.210. The third kappa shape index (κ3) is 2.59. The van der Waals surface area contributed by atoms with Crippen LogP contribution >= 0.6 is 11.6 Å². The second kappa shape index (κ2) is 6.54. The average Bonchev–Trinajstić information content (AvgIpc) is 3.15. The van der Waals surface area contributed by atoms with Crippen LogP contribution in [-0.4, -0.2) is 72.1 Å². The van der Waals surface area contributed by atoms with Crippen molar-refractivity contribution < 1.29 is 14.3 Å². The Morgan fingerprint density at radius 1 is 1.26 bits per heavy atom. The van der Waals surface area contributed by atoms with Gasteiger partial charge in [0, 0.05) is 26.1 Å². The Kier molecular flexibility index (Phi) is 4.32. The van der Waals surface area contributed by atoms with Gasteiger partial charge in [-0.3, -0.25) is 14.6 Å². The minimum Gasteiger partial charge on any atom is -0.383 e. The van der Waals surface area contributed by atoms with Crippen LogP contribution in [0.15, 0.2) is 41.2 Å². The highest BCUT2D eigenvalue weighted by Gasteiger charge is 2.54. The van der Waals surface area contributed by atoms with Crippen molar-refractivity contribution in [2.75, 3.05) is 32.2 Å². The van der Waals surface area contributed by atoms with Crippen LogP contribution in [0.2, 0.25) is 5.02 Å². The molecule has 1 aromatic carbocycles. The van der Waals surface area contributed by atoms with E-state index in [1.165, 1.54) is 16.9 Å². The van der Waals surface area contributed by atoms with Gasteiger partial charge in [-0.1, -0.05) is 23.7 Å². The molecule has 1 fully saturated rings. The van der Waals surface area contributed by atoms with E-state index in [-0.39, 0.29) is 25.1 Å². The molecule has 0 N–H and O–H groups in total. The van der Waals surface area contributed by atoms with Crippen LogP contribution in [0.25, 0.3) is 0 Å². The predicted octanol–water partition coefficient (Wildman–Crippen LogP) is 1.93. The Morgan fingerprint density at radius 2 is 2.00 bits per heavy atom. The summed E-state index contributed by atoms with van der Waals surface area (Å²) in [7, 11) is 3.20. The zero-order valence-corrected chi connectivity index (χ0v) is 16.1. The van der Waals surface area contributed by atoms with Crippen molar-refractivity contribution in [1.82, 2.24) is 14.7 Å². The number of guanidine groups is 1. The number of methoxy groups -OCH3 is 1. The zero-order chi connectivity index (χ0) is 19.3. The van der Waals surface area contributed by atoms with Crippen LogP contribution in [0.4, 0.5) is 10.5 Å². The standard InChI is InChI=1S/C18H20ClN5O3/c1-11-10-23-14-15(21(2)18(26)22(16(14)25)8-9-27-3)20-17(23)24(11)13-7-5-4-6-12(13)19/h4-7,10,14-15H,8-9H2,1-3H3. The van der Waals surface area contributed by atoms with E-state index in [0.717, 1.165) is 11.4 Å². The monoisotopic (exact) mass is 389 g/mol. The second-order valence-corrected chi connectivity index (χ2v) is 7.04. The molecular formula is C18H20ClN5O3. The van der Waals surface area contributed by atoms with E-state index in [0.29, 0.717) is 11.0 Å². The Labute approximate surface area is 162 Å². The summed E-state index contributed by atoms with van der Waals surface area (Å²) in [5.74, 6) is 0.321. The number of benzene rings is 1. The second-order valence-electron chi connectivity index (χ2n) is 6.63. The molecule has 3 aliphatic rings. The molecule has 1 saturated heterocycles. The quantitative estimate of drug-likeness (QED) is 0.787. The molecule has 27 heavy (non-hydrogen) atoms. The molecule has 8 nitrogen and oxygen atoms in total. The molecule has 4 rings (SSSR count). The van der Waals surface area contributed by atoms with Gasteiger partial charge in [0.2, 0.25) is 5.96 Å². The first-order valence-electron chi connectivity index (χ1n) is 8.62. The van der Waals surface area contributed by atoms with Gasteiger partial charge in [-0.2, -0.15) is 0 Å². The number of nitrogens with zero attached hydrogens (tertiary/aromatic N) is 5. The van der Waals surface area contributed by atoms with Crippen molar-refractivity contribution in [1.29, 1.82) is 0 Å². The number of fused-ring (bicyclic) bond motifs is 3. The summed E-state index contributed by atoms with van der Waals surface area (Å²) in [6.45, 7) is 2.43. The number of ether oxygens (including phenoxy) is 1. The normalized spacial score (nSPS) is 24.3. The molecule has 0 bridgehead atoms.